The number of aliphatic hydroxyl groups is 1. The zero-order valence-corrected chi connectivity index (χ0v) is 21.4. The Labute approximate surface area is 228 Å². The molecule has 0 aliphatic rings. The van der Waals surface area contributed by atoms with E-state index in [1.807, 2.05) is 66.2 Å². The molecule has 6 aromatic heterocycles. The maximum atomic E-state index is 10.6. The second kappa shape index (κ2) is 9.71. The highest BCUT2D eigenvalue weighted by Gasteiger charge is 2.17. The summed E-state index contributed by atoms with van der Waals surface area (Å²) < 4.78 is 1.94. The maximum absolute atomic E-state index is 10.6. The van der Waals surface area contributed by atoms with Gasteiger partial charge in [-0.1, -0.05) is 30.3 Å². The van der Waals surface area contributed by atoms with Crippen molar-refractivity contribution >= 4 is 27.9 Å². The van der Waals surface area contributed by atoms with Crippen LogP contribution in [0.1, 0.15) is 11.3 Å². The number of benzene rings is 1. The fourth-order valence-corrected chi connectivity index (χ4v) is 4.78. The Bertz CT molecular complexity index is 1960. The lowest BCUT2D eigenvalue weighted by atomic mass is 10.1. The molecule has 0 saturated carbocycles. The average Bonchev–Trinajstić information content (AvgIpc) is 3.71. The highest BCUT2D eigenvalue weighted by molar-refractivity contribution is 5.94. The number of nitrogens with one attached hydrogen (secondary N) is 3. The summed E-state index contributed by atoms with van der Waals surface area (Å²) in [7, 11) is 0. The standard InChI is InChI=1S/C29H24N10O/c1-17-15-39(16-33-17)23-7-8-31-28-26(23)35-29(36-28)25-22-11-20(13-32-27(22)38-37-25)19-10-21(14-30-12-19)34-24(40)9-18-5-3-2-4-6-18/h2-8,10-16,24,34,40H,9H2,1H3,(H,31,35,36)(H,32,37,38). The van der Waals surface area contributed by atoms with Crippen LogP contribution >= 0.6 is 0 Å². The van der Waals surface area contributed by atoms with E-state index in [0.29, 0.717) is 34.9 Å². The molecule has 6 heterocycles. The third-order valence-electron chi connectivity index (χ3n) is 6.68. The molecule has 11 nitrogen and oxygen atoms in total. The van der Waals surface area contributed by atoms with E-state index in [1.54, 1.807) is 31.1 Å². The number of aromatic amines is 2. The third kappa shape index (κ3) is 4.44. The van der Waals surface area contributed by atoms with Crippen LogP contribution in [0.5, 0.6) is 0 Å². The van der Waals surface area contributed by atoms with Gasteiger partial charge < -0.3 is 20.0 Å². The molecule has 40 heavy (non-hydrogen) atoms. The Balaban J connectivity index is 1.21. The molecule has 4 N–H and O–H groups in total. The molecule has 11 heteroatoms. The van der Waals surface area contributed by atoms with Crippen LogP contribution in [0.25, 0.3) is 50.5 Å². The molecule has 0 aliphatic carbocycles. The molecule has 1 atom stereocenters. The number of aryl methyl sites for hydroxylation is 1. The van der Waals surface area contributed by atoms with Crippen LogP contribution in [0.15, 0.2) is 85.8 Å². The molecule has 0 amide bonds. The molecule has 1 unspecified atom stereocenters. The Kier molecular flexibility index (Phi) is 5.75. The number of hydrogen-bond acceptors (Lipinski definition) is 8. The van der Waals surface area contributed by atoms with E-state index in [2.05, 4.69) is 40.4 Å². The molecular weight excluding hydrogens is 504 g/mol. The van der Waals surface area contributed by atoms with Gasteiger partial charge in [-0.15, -0.1) is 0 Å². The molecule has 0 radical (unpaired) electrons. The predicted molar refractivity (Wildman–Crippen MR) is 152 cm³/mol. The number of hydrogen-bond donors (Lipinski definition) is 4. The first-order chi connectivity index (χ1) is 19.6. The van der Waals surface area contributed by atoms with Crippen molar-refractivity contribution in [1.29, 1.82) is 0 Å². The lowest BCUT2D eigenvalue weighted by Gasteiger charge is -2.14. The van der Waals surface area contributed by atoms with Crippen LogP contribution in [0.4, 0.5) is 5.69 Å². The van der Waals surface area contributed by atoms with Crippen LogP contribution in [0.3, 0.4) is 0 Å². The van der Waals surface area contributed by atoms with Gasteiger partial charge in [-0.3, -0.25) is 10.1 Å². The molecule has 0 aliphatic heterocycles. The summed E-state index contributed by atoms with van der Waals surface area (Å²) in [6.45, 7) is 1.95. The fraction of sp³-hybridized carbons (Fsp3) is 0.103. The van der Waals surface area contributed by atoms with E-state index in [-0.39, 0.29) is 0 Å². The zero-order chi connectivity index (χ0) is 27.1. The van der Waals surface area contributed by atoms with E-state index in [0.717, 1.165) is 39.0 Å². The predicted octanol–water partition coefficient (Wildman–Crippen LogP) is 4.43. The Morgan fingerprint density at radius 1 is 0.975 bits per heavy atom. The Morgan fingerprint density at radius 2 is 1.85 bits per heavy atom. The van der Waals surface area contributed by atoms with Crippen molar-refractivity contribution in [2.75, 3.05) is 5.32 Å². The second-order valence-electron chi connectivity index (χ2n) is 9.54. The summed E-state index contributed by atoms with van der Waals surface area (Å²) in [5.41, 5.74) is 7.92. The van der Waals surface area contributed by atoms with Crippen LogP contribution in [-0.4, -0.2) is 56.0 Å². The normalized spacial score (nSPS) is 12.2. The highest BCUT2D eigenvalue weighted by Crippen LogP contribution is 2.30. The van der Waals surface area contributed by atoms with Crippen LogP contribution in [-0.2, 0) is 6.42 Å². The van der Waals surface area contributed by atoms with E-state index in [4.69, 9.17) is 4.98 Å². The van der Waals surface area contributed by atoms with Gasteiger partial charge in [-0.25, -0.2) is 19.9 Å². The lowest BCUT2D eigenvalue weighted by Crippen LogP contribution is -2.21. The van der Waals surface area contributed by atoms with Crippen LogP contribution in [0.2, 0.25) is 0 Å². The van der Waals surface area contributed by atoms with E-state index >= 15 is 0 Å². The lowest BCUT2D eigenvalue weighted by molar-refractivity contribution is 0.204. The van der Waals surface area contributed by atoms with E-state index in [9.17, 15) is 5.11 Å². The smallest absolute Gasteiger partial charge is 0.181 e. The summed E-state index contributed by atoms with van der Waals surface area (Å²) in [4.78, 5) is 25.9. The fourth-order valence-electron chi connectivity index (χ4n) is 4.78. The monoisotopic (exact) mass is 528 g/mol. The van der Waals surface area contributed by atoms with Gasteiger partial charge in [0, 0.05) is 42.3 Å². The van der Waals surface area contributed by atoms with Gasteiger partial charge in [0.1, 0.15) is 17.4 Å². The highest BCUT2D eigenvalue weighted by atomic mass is 16.3. The maximum Gasteiger partial charge on any atom is 0.181 e. The minimum absolute atomic E-state index is 0.478. The summed E-state index contributed by atoms with van der Waals surface area (Å²) >= 11 is 0. The summed E-state index contributed by atoms with van der Waals surface area (Å²) in [6, 6.07) is 15.7. The number of imidazole rings is 2. The average molecular weight is 529 g/mol. The van der Waals surface area contributed by atoms with Gasteiger partial charge in [0.25, 0.3) is 0 Å². The summed E-state index contributed by atoms with van der Waals surface area (Å²) in [6.07, 6.45) is 10.4. The van der Waals surface area contributed by atoms with Crippen molar-refractivity contribution in [3.8, 4) is 28.3 Å². The van der Waals surface area contributed by atoms with Crippen molar-refractivity contribution in [2.45, 2.75) is 19.6 Å². The number of aliphatic hydroxyl groups excluding tert-OH is 1. The number of rotatable bonds is 7. The zero-order valence-electron chi connectivity index (χ0n) is 21.4. The molecule has 7 aromatic rings. The Morgan fingerprint density at radius 3 is 2.70 bits per heavy atom. The molecule has 196 valence electrons. The molecule has 0 saturated heterocycles. The minimum atomic E-state index is -0.752. The molecule has 1 aromatic carbocycles. The topological polar surface area (TPSA) is 146 Å². The van der Waals surface area contributed by atoms with Gasteiger partial charge in [0.05, 0.1) is 35.0 Å². The largest absolute Gasteiger partial charge is 0.373 e. The van der Waals surface area contributed by atoms with E-state index < -0.39 is 6.23 Å². The Hall–Kier alpha value is -5.42. The van der Waals surface area contributed by atoms with Gasteiger partial charge in [0.2, 0.25) is 0 Å². The number of fused-ring (bicyclic) bond motifs is 2. The molecule has 0 fully saturated rings. The molecular formula is C29H24N10O. The second-order valence-corrected chi connectivity index (χ2v) is 9.54. The van der Waals surface area contributed by atoms with Gasteiger partial charge in [0.15, 0.2) is 17.1 Å². The summed E-state index contributed by atoms with van der Waals surface area (Å²) in [5, 5.41) is 22.0. The number of pyridine rings is 3. The summed E-state index contributed by atoms with van der Waals surface area (Å²) in [5.74, 6) is 0.603. The SMILES string of the molecule is Cc1cn(-c2ccnc3nc(-c4[nH]nc5ncc(-c6cncc(NC(O)Cc7ccccc7)c6)cc45)[nH]c23)cn1. The van der Waals surface area contributed by atoms with Crippen molar-refractivity contribution in [3.05, 3.63) is 97.1 Å². The minimum Gasteiger partial charge on any atom is -0.373 e. The molecule has 0 bridgehead atoms. The number of nitrogens with zero attached hydrogens (tertiary/aromatic N) is 7. The molecule has 0 spiro atoms. The van der Waals surface area contributed by atoms with Gasteiger partial charge in [-0.2, -0.15) is 5.10 Å². The van der Waals surface area contributed by atoms with Crippen molar-refractivity contribution in [3.63, 3.8) is 0 Å². The van der Waals surface area contributed by atoms with E-state index in [1.165, 1.54) is 0 Å². The quantitative estimate of drug-likeness (QED) is 0.222. The van der Waals surface area contributed by atoms with Gasteiger partial charge >= 0.3 is 0 Å². The first-order valence-electron chi connectivity index (χ1n) is 12.7. The van der Waals surface area contributed by atoms with Crippen LogP contribution in [0, 0.1) is 6.92 Å². The van der Waals surface area contributed by atoms with Crippen molar-refractivity contribution < 1.29 is 5.11 Å². The van der Waals surface area contributed by atoms with Crippen molar-refractivity contribution in [2.24, 2.45) is 0 Å². The number of H-pyrrole nitrogens is 2. The first-order valence-corrected chi connectivity index (χ1v) is 12.7. The first kappa shape index (κ1) is 23.7. The van der Waals surface area contributed by atoms with Crippen molar-refractivity contribution in [1.82, 2.24) is 44.7 Å². The number of aromatic nitrogens is 9. The number of anilines is 1. The molecule has 7 rings (SSSR count). The van der Waals surface area contributed by atoms with Gasteiger partial charge in [-0.05, 0) is 30.7 Å². The van der Waals surface area contributed by atoms with Crippen LogP contribution < -0.4 is 5.32 Å². The third-order valence-corrected chi connectivity index (χ3v) is 6.68.